The van der Waals surface area contributed by atoms with Gasteiger partial charge in [-0.3, -0.25) is 9.59 Å². The number of amides is 2. The van der Waals surface area contributed by atoms with E-state index in [0.29, 0.717) is 11.3 Å². The summed E-state index contributed by atoms with van der Waals surface area (Å²) in [6.45, 7) is 1.79. The highest BCUT2D eigenvalue weighted by molar-refractivity contribution is 5.99. The maximum atomic E-state index is 12.3. The summed E-state index contributed by atoms with van der Waals surface area (Å²) in [5.74, 6) is -0.619. The summed E-state index contributed by atoms with van der Waals surface area (Å²) in [5.41, 5.74) is 12.5. The fourth-order valence-electron chi connectivity index (χ4n) is 2.68. The molecule has 1 aliphatic rings. The lowest BCUT2D eigenvalue weighted by atomic mass is 9.82. The first-order valence-electron chi connectivity index (χ1n) is 6.93. The predicted molar refractivity (Wildman–Crippen MR) is 85.6 cm³/mol. The molecular weight excluding hydrogens is 290 g/mol. The second-order valence-electron chi connectivity index (χ2n) is 5.56. The van der Waals surface area contributed by atoms with Crippen LogP contribution in [0, 0.1) is 6.92 Å². The van der Waals surface area contributed by atoms with Crippen LogP contribution in [0.2, 0.25) is 0 Å². The molecule has 5 N–H and O–H groups in total. The number of nitrogens with one attached hydrogen (secondary N) is 1. The van der Waals surface area contributed by atoms with Crippen LogP contribution in [0.25, 0.3) is 0 Å². The van der Waals surface area contributed by atoms with Crippen LogP contribution in [-0.4, -0.2) is 17.4 Å². The number of anilines is 1. The number of nitrogens with two attached hydrogens (primary N) is 2. The lowest BCUT2D eigenvalue weighted by molar-refractivity contribution is -0.122. The van der Waals surface area contributed by atoms with Crippen molar-refractivity contribution < 1.29 is 9.59 Å². The fraction of sp³-hybridized carbons (Fsp3) is 0.467. The van der Waals surface area contributed by atoms with Gasteiger partial charge >= 0.3 is 0 Å². The van der Waals surface area contributed by atoms with E-state index in [9.17, 15) is 9.59 Å². The number of carbonyl (C=O) groups excluding carboxylic acids is 2. The van der Waals surface area contributed by atoms with Gasteiger partial charge in [0.2, 0.25) is 11.8 Å². The molecule has 5 nitrogen and oxygen atoms in total. The van der Waals surface area contributed by atoms with Crippen LogP contribution in [0.3, 0.4) is 0 Å². The van der Waals surface area contributed by atoms with Gasteiger partial charge in [0.15, 0.2) is 0 Å². The zero-order valence-electron chi connectivity index (χ0n) is 12.1. The molecule has 0 atom stereocenters. The largest absolute Gasteiger partial charge is 0.366 e. The maximum Gasteiger partial charge on any atom is 0.248 e. The molecule has 0 aliphatic heterocycles. The van der Waals surface area contributed by atoms with Crippen molar-refractivity contribution in [2.24, 2.45) is 11.5 Å². The zero-order valence-corrected chi connectivity index (χ0v) is 13.0. The number of aryl methyl sites for hydroxylation is 1. The molecule has 2 rings (SSSR count). The molecule has 21 heavy (non-hydrogen) atoms. The van der Waals surface area contributed by atoms with E-state index in [1.54, 1.807) is 25.1 Å². The SMILES string of the molecule is Cc1cc(NC(=O)C2(N)CCCCC2)ccc1C(N)=O.Cl. The molecule has 0 heterocycles. The topological polar surface area (TPSA) is 98.2 Å². The third-order valence-corrected chi connectivity index (χ3v) is 3.95. The van der Waals surface area contributed by atoms with Crippen molar-refractivity contribution in [3.8, 4) is 0 Å². The summed E-state index contributed by atoms with van der Waals surface area (Å²) >= 11 is 0. The molecule has 116 valence electrons. The Morgan fingerprint density at radius 3 is 2.33 bits per heavy atom. The van der Waals surface area contributed by atoms with E-state index in [1.807, 2.05) is 0 Å². The van der Waals surface area contributed by atoms with Crippen molar-refractivity contribution in [1.29, 1.82) is 0 Å². The van der Waals surface area contributed by atoms with E-state index >= 15 is 0 Å². The van der Waals surface area contributed by atoms with E-state index in [0.717, 1.165) is 37.7 Å². The molecule has 1 aliphatic carbocycles. The number of halogens is 1. The quantitative estimate of drug-likeness (QED) is 0.797. The molecule has 0 unspecified atom stereocenters. The van der Waals surface area contributed by atoms with Crippen LogP contribution in [0.1, 0.15) is 48.0 Å². The van der Waals surface area contributed by atoms with Crippen LogP contribution in [0.5, 0.6) is 0 Å². The van der Waals surface area contributed by atoms with Crippen LogP contribution in [0.15, 0.2) is 18.2 Å². The highest BCUT2D eigenvalue weighted by atomic mass is 35.5. The highest BCUT2D eigenvalue weighted by Gasteiger charge is 2.35. The van der Waals surface area contributed by atoms with Gasteiger partial charge < -0.3 is 16.8 Å². The standard InChI is InChI=1S/C15H21N3O2.ClH/c1-10-9-11(5-6-12(10)13(16)19)18-14(20)15(17)7-3-2-4-8-15;/h5-6,9H,2-4,7-8,17H2,1H3,(H2,16,19)(H,18,20);1H. The van der Waals surface area contributed by atoms with E-state index in [2.05, 4.69) is 5.32 Å². The van der Waals surface area contributed by atoms with Crippen molar-refractivity contribution >= 4 is 29.9 Å². The Hall–Kier alpha value is -1.59. The van der Waals surface area contributed by atoms with E-state index < -0.39 is 11.4 Å². The lowest BCUT2D eigenvalue weighted by Gasteiger charge is -2.31. The Balaban J connectivity index is 0.00000220. The van der Waals surface area contributed by atoms with Gasteiger partial charge in [0.1, 0.15) is 0 Å². The van der Waals surface area contributed by atoms with Crippen molar-refractivity contribution in [2.45, 2.75) is 44.6 Å². The third-order valence-electron chi connectivity index (χ3n) is 3.95. The Labute approximate surface area is 130 Å². The minimum atomic E-state index is -0.769. The van der Waals surface area contributed by atoms with Gasteiger partial charge in [-0.1, -0.05) is 19.3 Å². The Morgan fingerprint density at radius 2 is 1.81 bits per heavy atom. The second-order valence-corrected chi connectivity index (χ2v) is 5.56. The molecule has 0 aromatic heterocycles. The van der Waals surface area contributed by atoms with Gasteiger partial charge in [0, 0.05) is 11.3 Å². The summed E-state index contributed by atoms with van der Waals surface area (Å²) in [7, 11) is 0. The molecular formula is C15H22ClN3O2. The molecule has 1 fully saturated rings. The fourth-order valence-corrected chi connectivity index (χ4v) is 2.68. The van der Waals surface area contributed by atoms with Crippen molar-refractivity contribution in [3.63, 3.8) is 0 Å². The number of hydrogen-bond donors (Lipinski definition) is 3. The van der Waals surface area contributed by atoms with E-state index in [4.69, 9.17) is 11.5 Å². The summed E-state index contributed by atoms with van der Waals surface area (Å²) in [5, 5.41) is 2.84. The summed E-state index contributed by atoms with van der Waals surface area (Å²) in [6, 6.07) is 5.04. The molecule has 1 saturated carbocycles. The van der Waals surface area contributed by atoms with Gasteiger partial charge in [-0.2, -0.15) is 0 Å². The third kappa shape index (κ3) is 3.95. The minimum Gasteiger partial charge on any atom is -0.366 e. The smallest absolute Gasteiger partial charge is 0.248 e. The molecule has 2 amide bonds. The van der Waals surface area contributed by atoms with Gasteiger partial charge in [-0.05, 0) is 43.5 Å². The molecule has 1 aromatic rings. The number of carbonyl (C=O) groups is 2. The van der Waals surface area contributed by atoms with Gasteiger partial charge in [0.25, 0.3) is 0 Å². The average molecular weight is 312 g/mol. The van der Waals surface area contributed by atoms with Crippen LogP contribution < -0.4 is 16.8 Å². The number of rotatable bonds is 3. The zero-order chi connectivity index (χ0) is 14.8. The predicted octanol–water partition coefficient (Wildman–Crippen LogP) is 2.12. The van der Waals surface area contributed by atoms with Gasteiger partial charge in [0.05, 0.1) is 5.54 Å². The van der Waals surface area contributed by atoms with Gasteiger partial charge in [-0.15, -0.1) is 12.4 Å². The highest BCUT2D eigenvalue weighted by Crippen LogP contribution is 2.27. The average Bonchev–Trinajstić information content (AvgIpc) is 2.39. The molecule has 1 aromatic carbocycles. The van der Waals surface area contributed by atoms with Crippen LogP contribution in [-0.2, 0) is 4.79 Å². The number of hydrogen-bond acceptors (Lipinski definition) is 3. The summed E-state index contributed by atoms with van der Waals surface area (Å²) < 4.78 is 0. The van der Waals surface area contributed by atoms with Crippen LogP contribution in [0.4, 0.5) is 5.69 Å². The van der Waals surface area contributed by atoms with Crippen molar-refractivity contribution in [1.82, 2.24) is 0 Å². The summed E-state index contributed by atoms with van der Waals surface area (Å²) in [4.78, 5) is 23.5. The number of primary amides is 1. The van der Waals surface area contributed by atoms with Gasteiger partial charge in [-0.25, -0.2) is 0 Å². The van der Waals surface area contributed by atoms with E-state index in [1.165, 1.54) is 0 Å². The second kappa shape index (κ2) is 6.91. The monoisotopic (exact) mass is 311 g/mol. The normalized spacial score (nSPS) is 16.7. The first-order valence-corrected chi connectivity index (χ1v) is 6.93. The molecule has 0 bridgehead atoms. The molecule has 0 spiro atoms. The molecule has 0 saturated heterocycles. The summed E-state index contributed by atoms with van der Waals surface area (Å²) in [6.07, 6.45) is 4.56. The first kappa shape index (κ1) is 17.5. The minimum absolute atomic E-state index is 0. The Bertz CT molecular complexity index is 540. The Kier molecular flexibility index (Phi) is 5.75. The van der Waals surface area contributed by atoms with Crippen LogP contribution >= 0.6 is 12.4 Å². The molecule has 6 heteroatoms. The van der Waals surface area contributed by atoms with E-state index in [-0.39, 0.29) is 18.3 Å². The van der Waals surface area contributed by atoms with Crippen molar-refractivity contribution in [3.05, 3.63) is 29.3 Å². The Morgan fingerprint density at radius 1 is 1.19 bits per heavy atom. The molecule has 0 radical (unpaired) electrons. The number of benzene rings is 1. The maximum absolute atomic E-state index is 12.3. The first-order chi connectivity index (χ1) is 9.42. The lowest BCUT2D eigenvalue weighted by Crippen LogP contribution is -2.52. The van der Waals surface area contributed by atoms with Crippen molar-refractivity contribution in [2.75, 3.05) is 5.32 Å².